The number of carbonyl (C=O) groups is 1. The van der Waals surface area contributed by atoms with Crippen molar-refractivity contribution < 1.29 is 14.6 Å². The van der Waals surface area contributed by atoms with Gasteiger partial charge in [0.2, 0.25) is 0 Å². The molecule has 2 saturated heterocycles. The quantitative estimate of drug-likeness (QED) is 0.445. The summed E-state index contributed by atoms with van der Waals surface area (Å²) in [5.41, 5.74) is 1.91. The molecule has 5 heteroatoms. The van der Waals surface area contributed by atoms with Crippen molar-refractivity contribution in [2.75, 3.05) is 0 Å². The fourth-order valence-electron chi connectivity index (χ4n) is 7.33. The van der Waals surface area contributed by atoms with Gasteiger partial charge in [0.05, 0.1) is 12.0 Å². The van der Waals surface area contributed by atoms with Crippen molar-refractivity contribution in [3.8, 4) is 11.8 Å². The van der Waals surface area contributed by atoms with E-state index in [0.29, 0.717) is 17.6 Å². The number of nitriles is 1. The molecule has 2 aliphatic heterocycles. The molecule has 1 saturated carbocycles. The van der Waals surface area contributed by atoms with Crippen molar-refractivity contribution in [3.63, 3.8) is 0 Å². The Morgan fingerprint density at radius 2 is 1.81 bits per heavy atom. The van der Waals surface area contributed by atoms with E-state index >= 15 is 0 Å². The summed E-state index contributed by atoms with van der Waals surface area (Å²) in [5, 5.41) is 21.7. The predicted molar refractivity (Wildman–Crippen MR) is 142 cm³/mol. The SMILES string of the molecule is CCC(c1ccc2c(C#N)c(O[C@H]3CC[C@@H](CC)CC3)ccc2c1)N1C2CCCC1CC(C(=O)O)C2. The van der Waals surface area contributed by atoms with Crippen molar-refractivity contribution in [1.82, 2.24) is 4.90 Å². The third-order valence-electron chi connectivity index (χ3n) is 9.29. The van der Waals surface area contributed by atoms with E-state index in [1.807, 2.05) is 6.07 Å². The molecule has 2 aromatic rings. The first-order valence-corrected chi connectivity index (χ1v) is 14.2. The maximum absolute atomic E-state index is 11.7. The van der Waals surface area contributed by atoms with Crippen LogP contribution in [0.1, 0.15) is 102 Å². The highest BCUT2D eigenvalue weighted by Crippen LogP contribution is 2.44. The Morgan fingerprint density at radius 1 is 1.08 bits per heavy atom. The first-order valence-electron chi connectivity index (χ1n) is 14.2. The van der Waals surface area contributed by atoms with Gasteiger partial charge in [-0.15, -0.1) is 0 Å². The van der Waals surface area contributed by atoms with Crippen LogP contribution in [0.3, 0.4) is 0 Å². The van der Waals surface area contributed by atoms with Crippen LogP contribution < -0.4 is 4.74 Å². The maximum atomic E-state index is 11.7. The number of piperidine rings is 2. The molecular formula is C31H40N2O3. The Labute approximate surface area is 215 Å². The van der Waals surface area contributed by atoms with Crippen LogP contribution in [0.15, 0.2) is 30.3 Å². The van der Waals surface area contributed by atoms with E-state index in [4.69, 9.17) is 4.74 Å². The number of aliphatic carboxylic acids is 1. The topological polar surface area (TPSA) is 73.6 Å². The van der Waals surface area contributed by atoms with E-state index < -0.39 is 5.97 Å². The Balaban J connectivity index is 1.39. The third-order valence-corrected chi connectivity index (χ3v) is 9.29. The maximum Gasteiger partial charge on any atom is 0.306 e. The van der Waals surface area contributed by atoms with Crippen LogP contribution in [-0.2, 0) is 4.79 Å². The lowest BCUT2D eigenvalue weighted by Crippen LogP contribution is -2.54. The monoisotopic (exact) mass is 488 g/mol. The number of ether oxygens (including phenoxy) is 1. The lowest BCUT2D eigenvalue weighted by atomic mass is 9.76. The summed E-state index contributed by atoms with van der Waals surface area (Å²) in [4.78, 5) is 14.4. The molecule has 3 atom stereocenters. The Bertz CT molecular complexity index is 1120. The number of fused-ring (bicyclic) bond motifs is 3. The summed E-state index contributed by atoms with van der Waals surface area (Å²) < 4.78 is 6.37. The van der Waals surface area contributed by atoms with Crippen LogP contribution in [0, 0.1) is 23.2 Å². The molecule has 2 aromatic carbocycles. The van der Waals surface area contributed by atoms with Gasteiger partial charge in [-0.1, -0.05) is 44.9 Å². The van der Waals surface area contributed by atoms with Crippen molar-refractivity contribution in [2.45, 2.75) is 109 Å². The summed E-state index contributed by atoms with van der Waals surface area (Å²) in [6, 6.07) is 14.0. The molecule has 5 rings (SSSR count). The van der Waals surface area contributed by atoms with Crippen LogP contribution >= 0.6 is 0 Å². The first-order chi connectivity index (χ1) is 17.5. The van der Waals surface area contributed by atoms with Crippen LogP contribution in [-0.4, -0.2) is 34.2 Å². The zero-order valence-corrected chi connectivity index (χ0v) is 21.8. The molecule has 3 fully saturated rings. The van der Waals surface area contributed by atoms with E-state index in [0.717, 1.165) is 67.4 Å². The van der Waals surface area contributed by atoms with Crippen LogP contribution in [0.5, 0.6) is 5.75 Å². The molecule has 192 valence electrons. The molecule has 2 bridgehead atoms. The van der Waals surface area contributed by atoms with Gasteiger partial charge in [0.15, 0.2) is 0 Å². The minimum Gasteiger partial charge on any atom is -0.489 e. The van der Waals surface area contributed by atoms with Gasteiger partial charge in [0.1, 0.15) is 17.4 Å². The minimum absolute atomic E-state index is 0.203. The zero-order chi connectivity index (χ0) is 25.2. The molecule has 1 N–H and O–H groups in total. The van der Waals surface area contributed by atoms with Crippen molar-refractivity contribution in [2.24, 2.45) is 11.8 Å². The highest BCUT2D eigenvalue weighted by molar-refractivity contribution is 5.90. The normalized spacial score (nSPS) is 29.4. The number of carboxylic acids is 1. The van der Waals surface area contributed by atoms with E-state index in [1.54, 1.807) is 0 Å². The Kier molecular flexibility index (Phi) is 7.53. The predicted octanol–water partition coefficient (Wildman–Crippen LogP) is 7.23. The van der Waals surface area contributed by atoms with Crippen LogP contribution in [0.25, 0.3) is 10.8 Å². The smallest absolute Gasteiger partial charge is 0.306 e. The first kappa shape index (κ1) is 25.1. The molecule has 36 heavy (non-hydrogen) atoms. The number of hydrogen-bond acceptors (Lipinski definition) is 4. The second-order valence-corrected chi connectivity index (χ2v) is 11.3. The molecular weight excluding hydrogens is 448 g/mol. The molecule has 5 nitrogen and oxygen atoms in total. The number of rotatable bonds is 7. The van der Waals surface area contributed by atoms with Gasteiger partial charge < -0.3 is 9.84 Å². The fraction of sp³-hybridized carbons (Fsp3) is 0.613. The van der Waals surface area contributed by atoms with Gasteiger partial charge in [-0.3, -0.25) is 9.69 Å². The lowest BCUT2D eigenvalue weighted by molar-refractivity contribution is -0.147. The second-order valence-electron chi connectivity index (χ2n) is 11.3. The third kappa shape index (κ3) is 4.85. The summed E-state index contributed by atoms with van der Waals surface area (Å²) in [6.07, 6.45) is 11.9. The second kappa shape index (κ2) is 10.8. The lowest BCUT2D eigenvalue weighted by Gasteiger charge is -2.51. The van der Waals surface area contributed by atoms with E-state index in [1.165, 1.54) is 31.2 Å². The molecule has 3 aliphatic rings. The highest BCUT2D eigenvalue weighted by atomic mass is 16.5. The van der Waals surface area contributed by atoms with Gasteiger partial charge in [-0.25, -0.2) is 0 Å². The van der Waals surface area contributed by atoms with E-state index in [9.17, 15) is 15.2 Å². The van der Waals surface area contributed by atoms with Gasteiger partial charge in [-0.2, -0.15) is 5.26 Å². The van der Waals surface area contributed by atoms with Crippen molar-refractivity contribution in [3.05, 3.63) is 41.5 Å². The van der Waals surface area contributed by atoms with Gasteiger partial charge in [0, 0.05) is 23.5 Å². The van der Waals surface area contributed by atoms with E-state index in [2.05, 4.69) is 49.1 Å². The number of nitrogens with zero attached hydrogens (tertiary/aromatic N) is 2. The summed E-state index contributed by atoms with van der Waals surface area (Å²) in [6.45, 7) is 4.50. The molecule has 0 aromatic heterocycles. The van der Waals surface area contributed by atoms with Gasteiger partial charge >= 0.3 is 5.97 Å². The highest BCUT2D eigenvalue weighted by Gasteiger charge is 2.43. The van der Waals surface area contributed by atoms with Gasteiger partial charge in [-0.05, 0) is 86.8 Å². The average Bonchev–Trinajstić information content (AvgIpc) is 2.89. The minimum atomic E-state index is -0.634. The number of hydrogen-bond donors (Lipinski definition) is 1. The van der Waals surface area contributed by atoms with Crippen molar-refractivity contribution >= 4 is 16.7 Å². The molecule has 0 radical (unpaired) electrons. The molecule has 1 aliphatic carbocycles. The molecule has 3 unspecified atom stereocenters. The van der Waals surface area contributed by atoms with Crippen LogP contribution in [0.4, 0.5) is 0 Å². The summed E-state index contributed by atoms with van der Waals surface area (Å²) in [7, 11) is 0. The van der Waals surface area contributed by atoms with Crippen LogP contribution in [0.2, 0.25) is 0 Å². The summed E-state index contributed by atoms with van der Waals surface area (Å²) in [5.74, 6) is 0.691. The molecule has 2 heterocycles. The largest absolute Gasteiger partial charge is 0.489 e. The average molecular weight is 489 g/mol. The standard InChI is InChI=1S/C31H40N2O3/c1-3-20-8-12-26(13-9-20)36-30-15-11-21-16-22(10-14-27(21)28(30)19-32)29(4-2)33-24-6-5-7-25(33)18-23(17-24)31(34)35/h10-11,14-16,20,23-26,29H,3-9,12-13,17-18H2,1-2H3,(H,34,35)/t20-,23?,24?,25?,26+,29?. The number of benzene rings is 2. The Morgan fingerprint density at radius 3 is 2.42 bits per heavy atom. The van der Waals surface area contributed by atoms with Gasteiger partial charge in [0.25, 0.3) is 0 Å². The summed E-state index contributed by atoms with van der Waals surface area (Å²) >= 11 is 0. The fourth-order valence-corrected chi connectivity index (χ4v) is 7.33. The van der Waals surface area contributed by atoms with E-state index in [-0.39, 0.29) is 18.1 Å². The zero-order valence-electron chi connectivity index (χ0n) is 21.8. The molecule has 0 spiro atoms. The molecule has 0 amide bonds. The van der Waals surface area contributed by atoms with Crippen molar-refractivity contribution in [1.29, 1.82) is 5.26 Å². The number of carboxylic acid groups (broad SMARTS) is 1. The Hall–Kier alpha value is -2.58.